The van der Waals surface area contributed by atoms with E-state index in [1.807, 2.05) is 19.9 Å². The summed E-state index contributed by atoms with van der Waals surface area (Å²) in [6, 6.07) is 9.99. The fourth-order valence-corrected chi connectivity index (χ4v) is 5.88. The summed E-state index contributed by atoms with van der Waals surface area (Å²) in [5, 5.41) is 4.05. The maximum atomic E-state index is 12.6. The van der Waals surface area contributed by atoms with Gasteiger partial charge in [0.1, 0.15) is 6.04 Å². The lowest BCUT2D eigenvalue weighted by atomic mass is 10.1. The Morgan fingerprint density at radius 2 is 1.70 bits per heavy atom. The summed E-state index contributed by atoms with van der Waals surface area (Å²) < 4.78 is 26.0. The molecule has 164 valence electrons. The summed E-state index contributed by atoms with van der Waals surface area (Å²) in [4.78, 5) is 12.6. The summed E-state index contributed by atoms with van der Waals surface area (Å²) in [7, 11) is -3.64. The Labute approximate surface area is 193 Å². The van der Waals surface area contributed by atoms with Gasteiger partial charge in [0, 0.05) is 28.1 Å². The van der Waals surface area contributed by atoms with Crippen LogP contribution in [0.4, 0.5) is 5.69 Å². The van der Waals surface area contributed by atoms with E-state index in [1.54, 1.807) is 49.0 Å². The fraction of sp³-hybridized carbons (Fsp3) is 0.381. The highest BCUT2D eigenvalue weighted by Gasteiger charge is 2.29. The predicted molar refractivity (Wildman–Crippen MR) is 128 cm³/mol. The van der Waals surface area contributed by atoms with E-state index in [0.29, 0.717) is 33.8 Å². The second kappa shape index (κ2) is 10.8. The topological polar surface area (TPSA) is 66.5 Å². The Balaban J connectivity index is 1.97. The van der Waals surface area contributed by atoms with Crippen LogP contribution < -0.4 is 9.62 Å². The molecule has 0 radical (unpaired) electrons. The van der Waals surface area contributed by atoms with Gasteiger partial charge in [-0.2, -0.15) is 11.8 Å². The van der Waals surface area contributed by atoms with Gasteiger partial charge in [-0.3, -0.25) is 9.10 Å². The number of nitrogens with one attached hydrogen (secondary N) is 1. The number of thioether (sulfide) groups is 1. The second-order valence-corrected chi connectivity index (χ2v) is 10.9. The standard InChI is InChI=1S/C21H26Cl2N2O3S2/c1-14-10-15(2)12-17(11-14)25(30(4,27)28)16(3)21(26)24-8-9-29-13-18-19(22)6-5-7-20(18)23/h5-7,10-12,16H,8-9,13H2,1-4H3,(H,24,26). The van der Waals surface area contributed by atoms with Crippen LogP contribution in [0, 0.1) is 13.8 Å². The molecule has 2 aromatic rings. The van der Waals surface area contributed by atoms with Crippen LogP contribution in [0.5, 0.6) is 0 Å². The maximum absolute atomic E-state index is 12.6. The fourth-order valence-electron chi connectivity index (χ4n) is 3.13. The number of amides is 1. The Kier molecular flexibility index (Phi) is 8.91. The number of rotatable bonds is 9. The number of carbonyl (C=O) groups excluding carboxylic acids is 1. The third kappa shape index (κ3) is 6.80. The van der Waals surface area contributed by atoms with Gasteiger partial charge in [-0.1, -0.05) is 35.3 Å². The number of carbonyl (C=O) groups is 1. The molecule has 1 unspecified atom stereocenters. The average Bonchev–Trinajstić information content (AvgIpc) is 2.61. The third-order valence-corrected chi connectivity index (χ3v) is 7.34. The van der Waals surface area contributed by atoms with E-state index in [9.17, 15) is 13.2 Å². The molecule has 30 heavy (non-hydrogen) atoms. The van der Waals surface area contributed by atoms with Crippen molar-refractivity contribution < 1.29 is 13.2 Å². The Bertz CT molecular complexity index is 973. The van der Waals surface area contributed by atoms with Crippen molar-refractivity contribution in [3.63, 3.8) is 0 Å². The molecule has 5 nitrogen and oxygen atoms in total. The predicted octanol–water partition coefficient (Wildman–Crippen LogP) is 4.81. The average molecular weight is 489 g/mol. The summed E-state index contributed by atoms with van der Waals surface area (Å²) >= 11 is 13.9. The van der Waals surface area contributed by atoms with E-state index in [0.717, 1.165) is 22.9 Å². The van der Waals surface area contributed by atoms with Crippen LogP contribution in [-0.2, 0) is 20.6 Å². The number of hydrogen-bond acceptors (Lipinski definition) is 4. The SMILES string of the molecule is Cc1cc(C)cc(N(C(C)C(=O)NCCSCc2c(Cl)cccc2Cl)S(C)(=O)=O)c1. The van der Waals surface area contributed by atoms with Crippen LogP contribution in [0.15, 0.2) is 36.4 Å². The highest BCUT2D eigenvalue weighted by Crippen LogP contribution is 2.28. The summed E-state index contributed by atoms with van der Waals surface area (Å²) in [6.07, 6.45) is 1.11. The quantitative estimate of drug-likeness (QED) is 0.514. The number of benzene rings is 2. The van der Waals surface area contributed by atoms with Gasteiger partial charge in [0.15, 0.2) is 0 Å². The van der Waals surface area contributed by atoms with Gasteiger partial charge in [0.25, 0.3) is 0 Å². The van der Waals surface area contributed by atoms with E-state index in [-0.39, 0.29) is 5.91 Å². The zero-order chi connectivity index (χ0) is 22.5. The van der Waals surface area contributed by atoms with Crippen LogP contribution in [0.25, 0.3) is 0 Å². The van der Waals surface area contributed by atoms with Gasteiger partial charge in [0.2, 0.25) is 15.9 Å². The first kappa shape index (κ1) is 24.9. The summed E-state index contributed by atoms with van der Waals surface area (Å²) in [5.41, 5.74) is 3.21. The number of hydrogen-bond donors (Lipinski definition) is 1. The molecule has 0 heterocycles. The molecule has 0 aromatic heterocycles. The second-order valence-electron chi connectivity index (χ2n) is 7.12. The molecule has 0 aliphatic heterocycles. The highest BCUT2D eigenvalue weighted by molar-refractivity contribution is 7.98. The normalized spacial score (nSPS) is 12.5. The van der Waals surface area contributed by atoms with Crippen molar-refractivity contribution in [3.8, 4) is 0 Å². The van der Waals surface area contributed by atoms with Gasteiger partial charge in [0.05, 0.1) is 11.9 Å². The molecule has 0 aliphatic carbocycles. The number of sulfonamides is 1. The van der Waals surface area contributed by atoms with E-state index in [1.165, 1.54) is 4.31 Å². The van der Waals surface area contributed by atoms with Crippen LogP contribution in [0.3, 0.4) is 0 Å². The zero-order valence-electron chi connectivity index (χ0n) is 17.4. The van der Waals surface area contributed by atoms with Crippen molar-refractivity contribution in [1.29, 1.82) is 0 Å². The summed E-state index contributed by atoms with van der Waals surface area (Å²) in [5.74, 6) is 0.917. The van der Waals surface area contributed by atoms with Gasteiger partial charge in [-0.25, -0.2) is 8.42 Å². The van der Waals surface area contributed by atoms with Gasteiger partial charge in [-0.05, 0) is 61.7 Å². The van der Waals surface area contributed by atoms with E-state index >= 15 is 0 Å². The van der Waals surface area contributed by atoms with Crippen LogP contribution in [-0.4, -0.2) is 38.9 Å². The number of aryl methyl sites for hydroxylation is 2. The largest absolute Gasteiger partial charge is 0.353 e. The third-order valence-electron chi connectivity index (χ3n) is 4.40. The maximum Gasteiger partial charge on any atom is 0.243 e. The van der Waals surface area contributed by atoms with Crippen molar-refractivity contribution in [2.75, 3.05) is 22.9 Å². The monoisotopic (exact) mass is 488 g/mol. The smallest absolute Gasteiger partial charge is 0.243 e. The lowest BCUT2D eigenvalue weighted by Crippen LogP contribution is -2.48. The summed E-state index contributed by atoms with van der Waals surface area (Å²) in [6.45, 7) is 5.78. The van der Waals surface area contributed by atoms with E-state index in [4.69, 9.17) is 23.2 Å². The van der Waals surface area contributed by atoms with Crippen LogP contribution >= 0.6 is 35.0 Å². The zero-order valence-corrected chi connectivity index (χ0v) is 20.6. The number of anilines is 1. The first-order valence-corrected chi connectivity index (χ1v) is 13.1. The van der Waals surface area contributed by atoms with E-state index < -0.39 is 16.1 Å². The molecule has 0 aliphatic rings. The Morgan fingerprint density at radius 1 is 1.13 bits per heavy atom. The molecule has 1 N–H and O–H groups in total. The van der Waals surface area contributed by atoms with Crippen molar-refractivity contribution in [1.82, 2.24) is 5.32 Å². The molecule has 2 rings (SSSR count). The molecule has 0 saturated heterocycles. The van der Waals surface area contributed by atoms with Gasteiger partial charge >= 0.3 is 0 Å². The Morgan fingerprint density at radius 3 is 2.23 bits per heavy atom. The first-order chi connectivity index (χ1) is 14.0. The van der Waals surface area contributed by atoms with Crippen LogP contribution in [0.1, 0.15) is 23.6 Å². The molecule has 0 bridgehead atoms. The van der Waals surface area contributed by atoms with Crippen molar-refractivity contribution >= 4 is 56.6 Å². The number of nitrogens with zero attached hydrogens (tertiary/aromatic N) is 1. The first-order valence-electron chi connectivity index (χ1n) is 9.36. The molecule has 0 fully saturated rings. The minimum atomic E-state index is -3.64. The van der Waals surface area contributed by atoms with Crippen molar-refractivity contribution in [3.05, 3.63) is 63.1 Å². The minimum absolute atomic E-state index is 0.351. The molecule has 2 aromatic carbocycles. The lowest BCUT2D eigenvalue weighted by molar-refractivity contribution is -0.121. The molecule has 0 spiro atoms. The van der Waals surface area contributed by atoms with Crippen molar-refractivity contribution in [2.24, 2.45) is 0 Å². The lowest BCUT2D eigenvalue weighted by Gasteiger charge is -2.28. The molecule has 9 heteroatoms. The molecule has 1 amide bonds. The van der Waals surface area contributed by atoms with Gasteiger partial charge < -0.3 is 5.32 Å². The number of halogens is 2. The minimum Gasteiger partial charge on any atom is -0.353 e. The molecule has 0 saturated carbocycles. The highest BCUT2D eigenvalue weighted by atomic mass is 35.5. The van der Waals surface area contributed by atoms with Gasteiger partial charge in [-0.15, -0.1) is 0 Å². The molecular weight excluding hydrogens is 463 g/mol. The molecule has 1 atom stereocenters. The Hall–Kier alpha value is -1.41. The van der Waals surface area contributed by atoms with Crippen LogP contribution in [0.2, 0.25) is 10.0 Å². The molecular formula is C21H26Cl2N2O3S2. The van der Waals surface area contributed by atoms with Crippen molar-refractivity contribution in [2.45, 2.75) is 32.6 Å². The van der Waals surface area contributed by atoms with E-state index in [2.05, 4.69) is 5.32 Å².